The van der Waals surface area contributed by atoms with Gasteiger partial charge in [0.2, 0.25) is 0 Å². The van der Waals surface area contributed by atoms with Crippen LogP contribution in [0.2, 0.25) is 0 Å². The van der Waals surface area contributed by atoms with Gasteiger partial charge in [0.1, 0.15) is 11.6 Å². The molecule has 4 heterocycles. The van der Waals surface area contributed by atoms with Gasteiger partial charge in [-0.1, -0.05) is 18.2 Å². The van der Waals surface area contributed by atoms with E-state index in [1.54, 1.807) is 43.0 Å². The first-order valence-corrected chi connectivity index (χ1v) is 9.86. The largest absolute Gasteiger partial charge is 0.507 e. The van der Waals surface area contributed by atoms with E-state index in [9.17, 15) is 14.3 Å². The summed E-state index contributed by atoms with van der Waals surface area (Å²) >= 11 is 0. The van der Waals surface area contributed by atoms with E-state index < -0.39 is 17.8 Å². The third-order valence-corrected chi connectivity index (χ3v) is 5.19. The number of nitrogens with zero attached hydrogens (tertiary/aromatic N) is 6. The van der Waals surface area contributed by atoms with Gasteiger partial charge in [-0.15, -0.1) is 0 Å². The van der Waals surface area contributed by atoms with Crippen molar-refractivity contribution in [2.24, 2.45) is 5.10 Å². The summed E-state index contributed by atoms with van der Waals surface area (Å²) < 4.78 is 16.2. The molecule has 0 saturated carbocycles. The number of carbonyl (C=O) groups excluding carboxylic acids is 1. The van der Waals surface area contributed by atoms with Crippen LogP contribution in [0.5, 0.6) is 5.75 Å². The van der Waals surface area contributed by atoms with E-state index in [1.165, 1.54) is 34.1 Å². The van der Waals surface area contributed by atoms with Gasteiger partial charge < -0.3 is 5.11 Å². The molecule has 0 fully saturated rings. The number of hydrogen-bond acceptors (Lipinski definition) is 6. The summed E-state index contributed by atoms with van der Waals surface area (Å²) in [5.74, 6) is -0.770. The molecule has 0 bridgehead atoms. The number of phenolic OH excluding ortho intramolecular Hbond substituents is 1. The Morgan fingerprint density at radius 1 is 1.06 bits per heavy atom. The minimum absolute atomic E-state index is 0.0145. The summed E-state index contributed by atoms with van der Waals surface area (Å²) in [6, 6.07) is 12.2. The van der Waals surface area contributed by atoms with Gasteiger partial charge in [0.05, 0.1) is 29.1 Å². The van der Waals surface area contributed by atoms with Gasteiger partial charge in [0, 0.05) is 36.8 Å². The fourth-order valence-electron chi connectivity index (χ4n) is 3.67. The predicted octanol–water partition coefficient (Wildman–Crippen LogP) is 3.50. The molecule has 1 aromatic carbocycles. The average Bonchev–Trinajstić information content (AvgIpc) is 3.48. The summed E-state index contributed by atoms with van der Waals surface area (Å²) in [6.07, 6.45) is 8.06. The summed E-state index contributed by atoms with van der Waals surface area (Å²) in [6.45, 7) is 0. The number of phenols is 1. The van der Waals surface area contributed by atoms with Gasteiger partial charge in [-0.2, -0.15) is 10.2 Å². The summed E-state index contributed by atoms with van der Waals surface area (Å²) in [7, 11) is 0. The van der Waals surface area contributed by atoms with E-state index in [4.69, 9.17) is 0 Å². The van der Waals surface area contributed by atoms with E-state index >= 15 is 0 Å². The molecule has 4 aromatic rings. The minimum atomic E-state index is -0.822. The molecule has 32 heavy (non-hydrogen) atoms. The first-order chi connectivity index (χ1) is 15.6. The third-order valence-electron chi connectivity index (χ3n) is 5.19. The molecule has 8 nitrogen and oxygen atoms in total. The van der Waals surface area contributed by atoms with Crippen LogP contribution < -0.4 is 0 Å². The maximum absolute atomic E-state index is 14.7. The molecule has 0 radical (unpaired) electrons. The van der Waals surface area contributed by atoms with Crippen LogP contribution in [-0.4, -0.2) is 41.5 Å². The second-order valence-corrected chi connectivity index (χ2v) is 7.19. The first kappa shape index (κ1) is 19.6. The Balaban J connectivity index is 1.54. The van der Waals surface area contributed by atoms with Gasteiger partial charge in [-0.25, -0.2) is 19.1 Å². The Morgan fingerprint density at radius 3 is 2.72 bits per heavy atom. The fraction of sp³-hybridized carbons (Fsp3) is 0.0870. The number of aromatic hydroxyl groups is 1. The quantitative estimate of drug-likeness (QED) is 0.537. The van der Waals surface area contributed by atoms with Crippen molar-refractivity contribution in [2.45, 2.75) is 12.5 Å². The second kappa shape index (κ2) is 8.03. The zero-order chi connectivity index (χ0) is 22.1. The number of rotatable bonds is 4. The molecule has 1 N–H and O–H groups in total. The average molecular weight is 428 g/mol. The van der Waals surface area contributed by atoms with Gasteiger partial charge >= 0.3 is 0 Å². The normalized spacial score (nSPS) is 15.6. The molecule has 3 aromatic heterocycles. The molecule has 1 amide bonds. The highest BCUT2D eigenvalue weighted by Gasteiger charge is 2.37. The molecule has 1 unspecified atom stereocenters. The second-order valence-electron chi connectivity index (χ2n) is 7.19. The van der Waals surface area contributed by atoms with Gasteiger partial charge in [-0.3, -0.25) is 9.78 Å². The fourth-order valence-corrected chi connectivity index (χ4v) is 3.67. The number of hydrazone groups is 1. The van der Waals surface area contributed by atoms with Crippen LogP contribution in [-0.2, 0) is 0 Å². The predicted molar refractivity (Wildman–Crippen MR) is 114 cm³/mol. The maximum atomic E-state index is 14.7. The van der Waals surface area contributed by atoms with Crippen LogP contribution in [0, 0.1) is 5.82 Å². The first-order valence-electron chi connectivity index (χ1n) is 9.86. The Kier molecular flexibility index (Phi) is 4.91. The zero-order valence-corrected chi connectivity index (χ0v) is 16.7. The Labute approximate surface area is 182 Å². The Morgan fingerprint density at radius 2 is 1.97 bits per heavy atom. The lowest BCUT2D eigenvalue weighted by Gasteiger charge is -2.22. The molecule has 1 atom stereocenters. The highest BCUT2D eigenvalue weighted by molar-refractivity contribution is 6.04. The van der Waals surface area contributed by atoms with Crippen molar-refractivity contribution in [3.63, 3.8) is 0 Å². The van der Waals surface area contributed by atoms with Crippen LogP contribution in [0.25, 0.3) is 5.82 Å². The van der Waals surface area contributed by atoms with Crippen LogP contribution in [0.15, 0.2) is 84.6 Å². The Bertz CT molecular complexity index is 1290. The number of pyridine rings is 2. The molecule has 5 rings (SSSR count). The van der Waals surface area contributed by atoms with Crippen molar-refractivity contribution < 1.29 is 14.3 Å². The highest BCUT2D eigenvalue weighted by Crippen LogP contribution is 2.39. The van der Waals surface area contributed by atoms with Gasteiger partial charge in [0.15, 0.2) is 5.82 Å². The van der Waals surface area contributed by atoms with Crippen LogP contribution in [0.1, 0.15) is 33.9 Å². The van der Waals surface area contributed by atoms with E-state index in [0.717, 1.165) is 0 Å². The zero-order valence-electron chi connectivity index (χ0n) is 16.7. The SMILES string of the molecule is O=C(c1cnn(-c2ccccn2)c1)N1N=C(c2cccnc2)CC1c1c(O)cccc1F. The van der Waals surface area contributed by atoms with Crippen molar-refractivity contribution in [3.8, 4) is 11.6 Å². The van der Waals surface area contributed by atoms with Crippen molar-refractivity contribution in [1.29, 1.82) is 0 Å². The maximum Gasteiger partial charge on any atom is 0.277 e. The lowest BCUT2D eigenvalue weighted by Crippen LogP contribution is -2.27. The van der Waals surface area contributed by atoms with E-state index in [2.05, 4.69) is 20.2 Å². The topological polar surface area (TPSA) is 96.5 Å². The van der Waals surface area contributed by atoms with Crippen molar-refractivity contribution in [2.75, 3.05) is 0 Å². The van der Waals surface area contributed by atoms with Crippen molar-refractivity contribution >= 4 is 11.6 Å². The summed E-state index contributed by atoms with van der Waals surface area (Å²) in [5.41, 5.74) is 1.55. The van der Waals surface area contributed by atoms with E-state index in [-0.39, 0.29) is 23.3 Å². The molecule has 1 aliphatic rings. The summed E-state index contributed by atoms with van der Waals surface area (Å²) in [5, 5.41) is 20.3. The lowest BCUT2D eigenvalue weighted by molar-refractivity contribution is 0.0707. The summed E-state index contributed by atoms with van der Waals surface area (Å²) in [4.78, 5) is 21.7. The van der Waals surface area contributed by atoms with Crippen molar-refractivity contribution in [3.05, 3.63) is 102 Å². The van der Waals surface area contributed by atoms with Crippen LogP contribution in [0.3, 0.4) is 0 Å². The smallest absolute Gasteiger partial charge is 0.277 e. The molecular formula is C23H17FN6O2. The minimum Gasteiger partial charge on any atom is -0.507 e. The number of carbonyl (C=O) groups is 1. The number of hydrogen-bond donors (Lipinski definition) is 1. The van der Waals surface area contributed by atoms with E-state index in [0.29, 0.717) is 17.1 Å². The van der Waals surface area contributed by atoms with Gasteiger partial charge in [0.25, 0.3) is 5.91 Å². The molecule has 0 aliphatic carbocycles. The molecular weight excluding hydrogens is 411 g/mol. The molecule has 9 heteroatoms. The highest BCUT2D eigenvalue weighted by atomic mass is 19.1. The van der Waals surface area contributed by atoms with Crippen molar-refractivity contribution in [1.82, 2.24) is 24.8 Å². The van der Waals surface area contributed by atoms with Gasteiger partial charge in [-0.05, 0) is 30.3 Å². The number of aromatic nitrogens is 4. The van der Waals surface area contributed by atoms with E-state index in [1.807, 2.05) is 12.1 Å². The Hall–Kier alpha value is -4.40. The molecule has 1 aliphatic heterocycles. The van der Waals surface area contributed by atoms with Crippen LogP contribution >= 0.6 is 0 Å². The number of halogens is 1. The lowest BCUT2D eigenvalue weighted by atomic mass is 9.97. The third kappa shape index (κ3) is 3.49. The standard InChI is InChI=1S/C23H17FN6O2/c24-17-6-3-7-20(31)22(17)19-11-18(15-5-4-9-25-12-15)28-30(19)23(32)16-13-27-29(14-16)21-8-1-2-10-26-21/h1-10,12-14,19,31H,11H2. The number of amides is 1. The number of benzene rings is 1. The molecule has 0 spiro atoms. The molecule has 158 valence electrons. The van der Waals surface area contributed by atoms with Crippen LogP contribution in [0.4, 0.5) is 4.39 Å². The molecule has 0 saturated heterocycles. The monoisotopic (exact) mass is 428 g/mol.